The highest BCUT2D eigenvalue weighted by atomic mass is 16.6. The van der Waals surface area contributed by atoms with Crippen LogP contribution in [0.1, 0.15) is 61.6 Å². The van der Waals surface area contributed by atoms with Gasteiger partial charge in [-0.25, -0.2) is 9.59 Å². The normalized spacial score (nSPS) is 20.6. The summed E-state index contributed by atoms with van der Waals surface area (Å²) in [7, 11) is 1.35. The van der Waals surface area contributed by atoms with Crippen LogP contribution in [-0.2, 0) is 27.4 Å². The average Bonchev–Trinajstić information content (AvgIpc) is 3.34. The highest BCUT2D eigenvalue weighted by Crippen LogP contribution is 2.35. The molecule has 0 saturated carbocycles. The predicted octanol–water partition coefficient (Wildman–Crippen LogP) is 3.33. The van der Waals surface area contributed by atoms with Crippen molar-refractivity contribution in [2.45, 2.75) is 64.8 Å². The molecule has 2 aliphatic rings. The van der Waals surface area contributed by atoms with E-state index in [2.05, 4.69) is 5.10 Å². The van der Waals surface area contributed by atoms with Crippen LogP contribution in [0.15, 0.2) is 30.5 Å². The number of anilines is 1. The molecule has 4 rings (SSSR count). The average molecular weight is 455 g/mol. The Balaban J connectivity index is 1.56. The van der Waals surface area contributed by atoms with E-state index in [1.165, 1.54) is 7.11 Å². The second-order valence-corrected chi connectivity index (χ2v) is 9.64. The van der Waals surface area contributed by atoms with Gasteiger partial charge in [-0.1, -0.05) is 12.1 Å². The topological polar surface area (TPSA) is 94.0 Å². The number of carbonyl (C=O) groups excluding carboxylic acids is 3. The maximum absolute atomic E-state index is 13.0. The molecule has 0 aliphatic carbocycles. The van der Waals surface area contributed by atoms with E-state index in [0.29, 0.717) is 37.3 Å². The summed E-state index contributed by atoms with van der Waals surface area (Å²) in [5.41, 5.74) is 2.32. The van der Waals surface area contributed by atoms with Crippen LogP contribution in [-0.4, -0.2) is 57.9 Å². The molecule has 1 aromatic carbocycles. The van der Waals surface area contributed by atoms with Crippen molar-refractivity contribution in [3.8, 4) is 0 Å². The SMILES string of the molecule is COC(=O)c1cccc(C2CC(=O)N(c3cnn4c3CN(C(=O)OC(C)(C)C)[C@@H](C)C4)C2)c1. The van der Waals surface area contributed by atoms with Crippen LogP contribution in [0.2, 0.25) is 0 Å². The fourth-order valence-corrected chi connectivity index (χ4v) is 4.38. The molecule has 9 nitrogen and oxygen atoms in total. The Labute approximate surface area is 193 Å². The molecular weight excluding hydrogens is 424 g/mol. The zero-order valence-electron chi connectivity index (χ0n) is 19.7. The van der Waals surface area contributed by atoms with Crippen molar-refractivity contribution in [3.63, 3.8) is 0 Å². The summed E-state index contributed by atoms with van der Waals surface area (Å²) in [5.74, 6) is -0.469. The first-order chi connectivity index (χ1) is 15.6. The molecule has 33 heavy (non-hydrogen) atoms. The van der Waals surface area contributed by atoms with Crippen LogP contribution in [0.4, 0.5) is 10.5 Å². The van der Waals surface area contributed by atoms with E-state index >= 15 is 0 Å². The Morgan fingerprint density at radius 1 is 1.18 bits per heavy atom. The molecule has 1 unspecified atom stereocenters. The van der Waals surface area contributed by atoms with Crippen LogP contribution < -0.4 is 4.90 Å². The summed E-state index contributed by atoms with van der Waals surface area (Å²) in [4.78, 5) is 41.1. The molecule has 1 aromatic heterocycles. The summed E-state index contributed by atoms with van der Waals surface area (Å²) in [6.07, 6.45) is 1.66. The number of benzene rings is 1. The molecule has 1 fully saturated rings. The fourth-order valence-electron chi connectivity index (χ4n) is 4.38. The van der Waals surface area contributed by atoms with Gasteiger partial charge in [0.1, 0.15) is 5.60 Å². The number of ether oxygens (including phenoxy) is 2. The van der Waals surface area contributed by atoms with E-state index in [4.69, 9.17) is 9.47 Å². The number of carbonyl (C=O) groups is 3. The largest absolute Gasteiger partial charge is 0.465 e. The van der Waals surface area contributed by atoms with Gasteiger partial charge in [-0.2, -0.15) is 5.10 Å². The van der Waals surface area contributed by atoms with Crippen LogP contribution in [0.3, 0.4) is 0 Å². The first kappa shape index (κ1) is 22.8. The molecule has 0 N–H and O–H groups in total. The number of esters is 1. The Kier molecular flexibility index (Phi) is 5.90. The van der Waals surface area contributed by atoms with Crippen molar-refractivity contribution >= 4 is 23.7 Å². The monoisotopic (exact) mass is 454 g/mol. The van der Waals surface area contributed by atoms with E-state index in [9.17, 15) is 14.4 Å². The van der Waals surface area contributed by atoms with Crippen molar-refractivity contribution < 1.29 is 23.9 Å². The van der Waals surface area contributed by atoms with Gasteiger partial charge in [-0.15, -0.1) is 0 Å². The van der Waals surface area contributed by atoms with Crippen molar-refractivity contribution in [1.29, 1.82) is 0 Å². The number of rotatable bonds is 3. The van der Waals surface area contributed by atoms with Gasteiger partial charge in [-0.3, -0.25) is 14.4 Å². The van der Waals surface area contributed by atoms with Crippen molar-refractivity contribution in [1.82, 2.24) is 14.7 Å². The van der Waals surface area contributed by atoms with Gasteiger partial charge in [0.2, 0.25) is 5.91 Å². The lowest BCUT2D eigenvalue weighted by Gasteiger charge is -2.36. The van der Waals surface area contributed by atoms with Gasteiger partial charge in [0.25, 0.3) is 0 Å². The third kappa shape index (κ3) is 4.58. The van der Waals surface area contributed by atoms with Gasteiger partial charge in [0.15, 0.2) is 0 Å². The second kappa shape index (κ2) is 8.53. The van der Waals surface area contributed by atoms with Crippen molar-refractivity contribution in [2.24, 2.45) is 0 Å². The van der Waals surface area contributed by atoms with Crippen LogP contribution in [0.25, 0.3) is 0 Å². The Hall–Kier alpha value is -3.36. The Bertz CT molecular complexity index is 1090. The summed E-state index contributed by atoms with van der Waals surface area (Å²) in [6, 6.07) is 7.13. The van der Waals surface area contributed by atoms with E-state index in [1.54, 1.807) is 34.2 Å². The van der Waals surface area contributed by atoms with E-state index in [-0.39, 0.29) is 24.0 Å². The first-order valence-corrected chi connectivity index (χ1v) is 11.1. The molecule has 0 radical (unpaired) electrons. The van der Waals surface area contributed by atoms with E-state index < -0.39 is 11.6 Å². The minimum Gasteiger partial charge on any atom is -0.465 e. The highest BCUT2D eigenvalue weighted by Gasteiger charge is 2.38. The second-order valence-electron chi connectivity index (χ2n) is 9.64. The smallest absolute Gasteiger partial charge is 0.410 e. The van der Waals surface area contributed by atoms with E-state index in [1.807, 2.05) is 38.4 Å². The van der Waals surface area contributed by atoms with Crippen LogP contribution in [0.5, 0.6) is 0 Å². The minimum absolute atomic E-state index is 0.0123. The first-order valence-electron chi connectivity index (χ1n) is 11.1. The molecule has 9 heteroatoms. The molecule has 0 spiro atoms. The zero-order chi connectivity index (χ0) is 23.9. The minimum atomic E-state index is -0.589. The third-order valence-electron chi connectivity index (χ3n) is 6.04. The molecule has 2 atom stereocenters. The van der Waals surface area contributed by atoms with Crippen molar-refractivity contribution in [3.05, 3.63) is 47.3 Å². The van der Waals surface area contributed by atoms with Gasteiger partial charge < -0.3 is 14.4 Å². The maximum atomic E-state index is 13.0. The van der Waals surface area contributed by atoms with Gasteiger partial charge in [-0.05, 0) is 45.4 Å². The van der Waals surface area contributed by atoms with Gasteiger partial charge in [0.05, 0.1) is 49.4 Å². The molecule has 2 amide bonds. The molecule has 2 aliphatic heterocycles. The number of hydrogen-bond acceptors (Lipinski definition) is 6. The lowest BCUT2D eigenvalue weighted by Crippen LogP contribution is -2.47. The third-order valence-corrected chi connectivity index (χ3v) is 6.04. The van der Waals surface area contributed by atoms with Crippen LogP contribution in [0, 0.1) is 0 Å². The van der Waals surface area contributed by atoms with Crippen molar-refractivity contribution in [2.75, 3.05) is 18.6 Å². The van der Waals surface area contributed by atoms with Gasteiger partial charge in [0, 0.05) is 18.9 Å². The highest BCUT2D eigenvalue weighted by molar-refractivity contribution is 5.97. The molecule has 0 bridgehead atoms. The maximum Gasteiger partial charge on any atom is 0.410 e. The predicted molar refractivity (Wildman–Crippen MR) is 121 cm³/mol. The molecule has 1 saturated heterocycles. The Morgan fingerprint density at radius 3 is 2.64 bits per heavy atom. The quantitative estimate of drug-likeness (QED) is 0.661. The zero-order valence-corrected chi connectivity index (χ0v) is 19.7. The number of methoxy groups -OCH3 is 1. The number of hydrogen-bond donors (Lipinski definition) is 0. The molecular formula is C24H30N4O5. The lowest BCUT2D eigenvalue weighted by molar-refractivity contribution is -0.117. The standard InChI is InChI=1S/C24H30N4O5/c1-15-12-28-20(14-26(15)23(31)33-24(2,3)4)19(11-25-28)27-13-18(10-21(27)29)16-7-6-8-17(9-16)22(30)32-5/h6-9,11,15,18H,10,12-14H2,1-5H3/t15-,18?/m0/s1. The molecule has 2 aromatic rings. The van der Waals surface area contributed by atoms with E-state index in [0.717, 1.165) is 11.3 Å². The number of amides is 2. The summed E-state index contributed by atoms with van der Waals surface area (Å²) >= 11 is 0. The number of aromatic nitrogens is 2. The molecule has 176 valence electrons. The summed E-state index contributed by atoms with van der Waals surface area (Å²) < 4.78 is 12.3. The van der Waals surface area contributed by atoms with Gasteiger partial charge >= 0.3 is 12.1 Å². The number of fused-ring (bicyclic) bond motifs is 1. The number of nitrogens with zero attached hydrogens (tertiary/aromatic N) is 4. The Morgan fingerprint density at radius 2 is 1.94 bits per heavy atom. The fraction of sp³-hybridized carbons (Fsp3) is 0.500. The summed E-state index contributed by atoms with van der Waals surface area (Å²) in [6.45, 7) is 8.80. The van der Waals surface area contributed by atoms with Crippen LogP contribution >= 0.6 is 0 Å². The lowest BCUT2D eigenvalue weighted by atomic mass is 9.96. The molecule has 3 heterocycles. The summed E-state index contributed by atoms with van der Waals surface area (Å²) in [5, 5.41) is 4.48.